The van der Waals surface area contributed by atoms with E-state index in [-0.39, 0.29) is 4.47 Å². The van der Waals surface area contributed by atoms with Crippen LogP contribution >= 0.6 is 15.9 Å². The van der Waals surface area contributed by atoms with Gasteiger partial charge in [-0.1, -0.05) is 6.07 Å². The molecule has 0 amide bonds. The summed E-state index contributed by atoms with van der Waals surface area (Å²) >= 11 is 3.03. The van der Waals surface area contributed by atoms with Crippen LogP contribution < -0.4 is 5.73 Å². The molecule has 0 bridgehead atoms. The molecule has 0 spiro atoms. The lowest BCUT2D eigenvalue weighted by Gasteiger charge is -2.15. The van der Waals surface area contributed by atoms with Crippen LogP contribution in [0.2, 0.25) is 0 Å². The van der Waals surface area contributed by atoms with Crippen LogP contribution in [0.3, 0.4) is 0 Å². The Hall–Kier alpha value is -1.27. The molecule has 3 nitrogen and oxygen atoms in total. The summed E-state index contributed by atoms with van der Waals surface area (Å²) < 4.78 is 28.4. The van der Waals surface area contributed by atoms with Crippen molar-refractivity contribution < 1.29 is 8.78 Å². The van der Waals surface area contributed by atoms with Gasteiger partial charge in [0.1, 0.15) is 5.82 Å². The average Bonchev–Trinajstić information content (AvgIpc) is 2.83. The van der Waals surface area contributed by atoms with E-state index < -0.39 is 17.7 Å². The summed E-state index contributed by atoms with van der Waals surface area (Å²) in [6.45, 7) is 2.67. The van der Waals surface area contributed by atoms with E-state index >= 15 is 0 Å². The van der Waals surface area contributed by atoms with Crippen LogP contribution in [0.25, 0.3) is 0 Å². The first-order chi connectivity index (χ1) is 8.56. The molecule has 1 atom stereocenters. The van der Waals surface area contributed by atoms with E-state index in [2.05, 4.69) is 20.9 Å². The quantitative estimate of drug-likeness (QED) is 0.885. The highest BCUT2D eigenvalue weighted by Crippen LogP contribution is 2.29. The predicted molar refractivity (Wildman–Crippen MR) is 68.0 cm³/mol. The predicted octanol–water partition coefficient (Wildman–Crippen LogP) is 2.99. The summed E-state index contributed by atoms with van der Waals surface area (Å²) in [5.41, 5.74) is 6.52. The fourth-order valence-electron chi connectivity index (χ4n) is 1.79. The first-order valence-corrected chi connectivity index (χ1v) is 6.25. The van der Waals surface area contributed by atoms with E-state index in [4.69, 9.17) is 5.73 Å². The molecule has 0 aliphatic carbocycles. The molecule has 0 aliphatic heterocycles. The van der Waals surface area contributed by atoms with E-state index in [1.807, 2.05) is 11.5 Å². The molecule has 18 heavy (non-hydrogen) atoms. The molecule has 96 valence electrons. The Morgan fingerprint density at radius 1 is 1.44 bits per heavy atom. The smallest absolute Gasteiger partial charge is 0.173 e. The number of imidazole rings is 1. The summed E-state index contributed by atoms with van der Waals surface area (Å²) in [6, 6.07) is 1.92. The van der Waals surface area contributed by atoms with Gasteiger partial charge in [0.05, 0.1) is 10.5 Å². The minimum Gasteiger partial charge on any atom is -0.334 e. The maximum Gasteiger partial charge on any atom is 0.173 e. The lowest BCUT2D eigenvalue weighted by atomic mass is 10.1. The van der Waals surface area contributed by atoms with Gasteiger partial charge in [0.2, 0.25) is 0 Å². The minimum absolute atomic E-state index is 0.0423. The third kappa shape index (κ3) is 2.18. The summed E-state index contributed by atoms with van der Waals surface area (Å²) in [6.07, 6.45) is 3.43. The van der Waals surface area contributed by atoms with Crippen LogP contribution in [-0.2, 0) is 6.54 Å². The van der Waals surface area contributed by atoms with E-state index in [0.717, 1.165) is 6.07 Å². The Bertz CT molecular complexity index is 568. The maximum atomic E-state index is 13.5. The summed E-state index contributed by atoms with van der Waals surface area (Å²) in [4.78, 5) is 4.16. The molecule has 2 aromatic rings. The molecular weight excluding hydrogens is 304 g/mol. The fraction of sp³-hybridized carbons (Fsp3) is 0.250. The average molecular weight is 316 g/mol. The van der Waals surface area contributed by atoms with Gasteiger partial charge in [-0.25, -0.2) is 13.8 Å². The van der Waals surface area contributed by atoms with Crippen molar-refractivity contribution >= 4 is 15.9 Å². The Balaban J connectivity index is 2.46. The molecule has 2 N–H and O–H groups in total. The third-order valence-corrected chi connectivity index (χ3v) is 3.57. The molecule has 0 saturated carbocycles. The number of hydrogen-bond acceptors (Lipinski definition) is 2. The second kappa shape index (κ2) is 5.16. The monoisotopic (exact) mass is 315 g/mol. The standard InChI is InChI=1S/C12H12BrF2N3/c1-2-18-6-5-17-12(18)11(16)7-3-4-8(14)10(15)9(7)13/h3-6,11H,2,16H2,1H3. The Kier molecular flexibility index (Phi) is 3.77. The van der Waals surface area contributed by atoms with Gasteiger partial charge < -0.3 is 10.3 Å². The van der Waals surface area contributed by atoms with Crippen molar-refractivity contribution in [3.8, 4) is 0 Å². The number of nitrogens with zero attached hydrogens (tertiary/aromatic N) is 2. The molecule has 0 radical (unpaired) electrons. The van der Waals surface area contributed by atoms with Crippen molar-refractivity contribution in [3.63, 3.8) is 0 Å². The van der Waals surface area contributed by atoms with Crippen LogP contribution in [-0.4, -0.2) is 9.55 Å². The number of rotatable bonds is 3. The zero-order valence-corrected chi connectivity index (χ0v) is 11.3. The topological polar surface area (TPSA) is 43.8 Å². The highest BCUT2D eigenvalue weighted by Gasteiger charge is 2.20. The number of halogens is 3. The SMILES string of the molecule is CCn1ccnc1C(N)c1ccc(F)c(F)c1Br. The zero-order chi connectivity index (χ0) is 13.3. The highest BCUT2D eigenvalue weighted by atomic mass is 79.9. The van der Waals surface area contributed by atoms with Gasteiger partial charge in [0.25, 0.3) is 0 Å². The van der Waals surface area contributed by atoms with Gasteiger partial charge in [0.15, 0.2) is 11.6 Å². The van der Waals surface area contributed by atoms with Gasteiger partial charge >= 0.3 is 0 Å². The second-order valence-electron chi connectivity index (χ2n) is 3.81. The lowest BCUT2D eigenvalue weighted by Crippen LogP contribution is -2.18. The van der Waals surface area contributed by atoms with Crippen molar-refractivity contribution in [2.24, 2.45) is 5.73 Å². The van der Waals surface area contributed by atoms with E-state index in [0.29, 0.717) is 17.9 Å². The van der Waals surface area contributed by atoms with Crippen LogP contribution in [0, 0.1) is 11.6 Å². The van der Waals surface area contributed by atoms with Crippen molar-refractivity contribution in [3.05, 3.63) is 52.0 Å². The van der Waals surface area contributed by atoms with E-state index in [1.165, 1.54) is 6.07 Å². The van der Waals surface area contributed by atoms with E-state index in [1.54, 1.807) is 12.4 Å². The Morgan fingerprint density at radius 2 is 2.17 bits per heavy atom. The third-order valence-electron chi connectivity index (χ3n) is 2.77. The van der Waals surface area contributed by atoms with Gasteiger partial charge in [-0.05, 0) is 34.5 Å². The van der Waals surface area contributed by atoms with Crippen LogP contribution in [0.1, 0.15) is 24.4 Å². The molecule has 0 aliphatic rings. The second-order valence-corrected chi connectivity index (χ2v) is 4.61. The number of aryl methyl sites for hydroxylation is 1. The molecule has 1 aromatic heterocycles. The van der Waals surface area contributed by atoms with Crippen LogP contribution in [0.5, 0.6) is 0 Å². The van der Waals surface area contributed by atoms with Crippen LogP contribution in [0.15, 0.2) is 29.0 Å². The molecule has 1 heterocycles. The molecule has 0 fully saturated rings. The summed E-state index contributed by atoms with van der Waals surface area (Å²) in [5, 5.41) is 0. The fourth-order valence-corrected chi connectivity index (χ4v) is 2.36. The molecule has 2 rings (SSSR count). The van der Waals surface area contributed by atoms with E-state index in [9.17, 15) is 8.78 Å². The molecule has 6 heteroatoms. The molecular formula is C12H12BrF2N3. The molecule has 1 unspecified atom stereocenters. The van der Waals surface area contributed by atoms with Crippen molar-refractivity contribution in [1.29, 1.82) is 0 Å². The van der Waals surface area contributed by atoms with Gasteiger partial charge in [-0.3, -0.25) is 0 Å². The minimum atomic E-state index is -0.933. The first kappa shape index (κ1) is 13.2. The highest BCUT2D eigenvalue weighted by molar-refractivity contribution is 9.10. The van der Waals surface area contributed by atoms with Gasteiger partial charge in [-0.2, -0.15) is 0 Å². The molecule has 0 saturated heterocycles. The number of aromatic nitrogens is 2. The van der Waals surface area contributed by atoms with Crippen molar-refractivity contribution in [2.75, 3.05) is 0 Å². The normalized spacial score (nSPS) is 12.7. The largest absolute Gasteiger partial charge is 0.334 e. The number of hydrogen-bond donors (Lipinski definition) is 1. The number of nitrogens with two attached hydrogens (primary N) is 1. The summed E-state index contributed by atoms with van der Waals surface area (Å²) in [7, 11) is 0. The Morgan fingerprint density at radius 3 is 2.83 bits per heavy atom. The zero-order valence-electron chi connectivity index (χ0n) is 9.70. The Labute approximate surface area is 112 Å². The van der Waals surface area contributed by atoms with Crippen molar-refractivity contribution in [1.82, 2.24) is 9.55 Å². The summed E-state index contributed by atoms with van der Waals surface area (Å²) in [5.74, 6) is -1.22. The van der Waals surface area contributed by atoms with Crippen LogP contribution in [0.4, 0.5) is 8.78 Å². The first-order valence-electron chi connectivity index (χ1n) is 5.46. The molecule has 1 aromatic carbocycles. The number of benzene rings is 1. The maximum absolute atomic E-state index is 13.5. The van der Waals surface area contributed by atoms with Gasteiger partial charge in [-0.15, -0.1) is 0 Å². The van der Waals surface area contributed by atoms with Crippen molar-refractivity contribution in [2.45, 2.75) is 19.5 Å². The lowest BCUT2D eigenvalue weighted by molar-refractivity contribution is 0.500. The van der Waals surface area contributed by atoms with Gasteiger partial charge in [0, 0.05) is 18.9 Å².